The van der Waals surface area contributed by atoms with Crippen molar-refractivity contribution in [2.75, 3.05) is 14.2 Å². The van der Waals surface area contributed by atoms with E-state index >= 15 is 0 Å². The minimum atomic E-state index is -0.836. The number of hydrogen-bond donors (Lipinski definition) is 0. The highest BCUT2D eigenvalue weighted by molar-refractivity contribution is 7.10. The standard InChI is InChI=1S/C9H10FNO2S/c1-11(13-2)9(12)8(10)6-7-4-3-5-14-7/h3-6H,1-2H3/b8-6-. The van der Waals surface area contributed by atoms with Crippen LogP contribution in [-0.4, -0.2) is 25.1 Å². The summed E-state index contributed by atoms with van der Waals surface area (Å²) in [5.41, 5.74) is 0. The zero-order valence-electron chi connectivity index (χ0n) is 7.86. The molecular weight excluding hydrogens is 205 g/mol. The van der Waals surface area contributed by atoms with Gasteiger partial charge in [0.2, 0.25) is 0 Å². The molecule has 1 heterocycles. The molecule has 1 aromatic heterocycles. The van der Waals surface area contributed by atoms with Crippen molar-refractivity contribution in [2.24, 2.45) is 0 Å². The third kappa shape index (κ3) is 2.65. The Kier molecular flexibility index (Phi) is 3.79. The molecule has 0 radical (unpaired) electrons. The SMILES string of the molecule is CON(C)C(=O)/C(F)=C/c1cccs1. The summed E-state index contributed by atoms with van der Waals surface area (Å²) in [6.07, 6.45) is 1.18. The number of halogens is 1. The predicted octanol–water partition coefficient (Wildman–Crippen LogP) is 2.08. The Bertz CT molecular complexity index is 335. The Labute approximate surface area is 85.4 Å². The predicted molar refractivity (Wildman–Crippen MR) is 53.2 cm³/mol. The van der Waals surface area contributed by atoms with Crippen molar-refractivity contribution in [1.29, 1.82) is 0 Å². The first-order valence-electron chi connectivity index (χ1n) is 3.88. The van der Waals surface area contributed by atoms with Gasteiger partial charge in [-0.2, -0.15) is 0 Å². The lowest BCUT2D eigenvalue weighted by molar-refractivity contribution is -0.165. The second-order valence-corrected chi connectivity index (χ2v) is 3.47. The van der Waals surface area contributed by atoms with Crippen molar-refractivity contribution in [3.8, 4) is 0 Å². The van der Waals surface area contributed by atoms with Crippen LogP contribution in [0.1, 0.15) is 4.88 Å². The van der Waals surface area contributed by atoms with E-state index in [0.717, 1.165) is 5.06 Å². The van der Waals surface area contributed by atoms with Crippen LogP contribution < -0.4 is 0 Å². The Morgan fingerprint density at radius 2 is 2.43 bits per heavy atom. The lowest BCUT2D eigenvalue weighted by atomic mass is 10.4. The van der Waals surface area contributed by atoms with Gasteiger partial charge in [-0.25, -0.2) is 9.45 Å². The van der Waals surface area contributed by atoms with Crippen molar-refractivity contribution in [2.45, 2.75) is 0 Å². The number of thiophene rings is 1. The van der Waals surface area contributed by atoms with Crippen molar-refractivity contribution in [3.05, 3.63) is 28.2 Å². The number of likely N-dealkylation sites (N-methyl/N-ethyl adjacent to an activating group) is 1. The molecule has 0 N–H and O–H groups in total. The zero-order valence-corrected chi connectivity index (χ0v) is 8.68. The number of nitrogens with zero attached hydrogens (tertiary/aromatic N) is 1. The van der Waals surface area contributed by atoms with E-state index in [0.29, 0.717) is 4.88 Å². The summed E-state index contributed by atoms with van der Waals surface area (Å²) in [4.78, 5) is 16.4. The maximum absolute atomic E-state index is 13.2. The van der Waals surface area contributed by atoms with Crippen LogP contribution in [-0.2, 0) is 9.63 Å². The Balaban J connectivity index is 2.74. The number of amides is 1. The highest BCUT2D eigenvalue weighted by Gasteiger charge is 2.14. The Hall–Kier alpha value is -1.20. The molecule has 76 valence electrons. The van der Waals surface area contributed by atoms with Crippen molar-refractivity contribution < 1.29 is 14.0 Å². The average molecular weight is 215 g/mol. The molecule has 3 nitrogen and oxygen atoms in total. The van der Waals surface area contributed by atoms with Gasteiger partial charge in [-0.3, -0.25) is 9.63 Å². The van der Waals surface area contributed by atoms with E-state index in [-0.39, 0.29) is 0 Å². The first-order chi connectivity index (χ1) is 6.65. The first-order valence-corrected chi connectivity index (χ1v) is 4.76. The number of rotatable bonds is 3. The fourth-order valence-electron chi connectivity index (χ4n) is 0.793. The molecule has 0 saturated heterocycles. The van der Waals surface area contributed by atoms with Crippen molar-refractivity contribution >= 4 is 23.3 Å². The molecule has 0 aliphatic carbocycles. The van der Waals surface area contributed by atoms with Gasteiger partial charge >= 0.3 is 5.91 Å². The molecule has 1 amide bonds. The molecule has 0 bridgehead atoms. The second-order valence-electron chi connectivity index (χ2n) is 2.49. The van der Waals surface area contributed by atoms with Crippen LogP contribution in [0, 0.1) is 0 Å². The van der Waals surface area contributed by atoms with E-state index in [9.17, 15) is 9.18 Å². The van der Waals surface area contributed by atoms with E-state index in [1.165, 1.54) is 31.6 Å². The summed E-state index contributed by atoms with van der Waals surface area (Å²) in [6, 6.07) is 3.51. The van der Waals surface area contributed by atoms with Gasteiger partial charge in [-0.1, -0.05) is 6.07 Å². The minimum Gasteiger partial charge on any atom is -0.274 e. The topological polar surface area (TPSA) is 29.5 Å². The van der Waals surface area contributed by atoms with Gasteiger partial charge in [-0.15, -0.1) is 11.3 Å². The summed E-state index contributed by atoms with van der Waals surface area (Å²) in [5.74, 6) is -1.63. The van der Waals surface area contributed by atoms with E-state index in [1.54, 1.807) is 12.1 Å². The van der Waals surface area contributed by atoms with Gasteiger partial charge < -0.3 is 0 Å². The molecule has 0 aliphatic heterocycles. The molecule has 0 spiro atoms. The maximum atomic E-state index is 13.2. The summed E-state index contributed by atoms with van der Waals surface area (Å²) >= 11 is 1.36. The number of carbonyl (C=O) groups excluding carboxylic acids is 1. The van der Waals surface area contributed by atoms with Crippen molar-refractivity contribution in [3.63, 3.8) is 0 Å². The van der Waals surface area contributed by atoms with E-state index in [4.69, 9.17) is 0 Å². The molecule has 0 fully saturated rings. The van der Waals surface area contributed by atoms with E-state index in [1.807, 2.05) is 5.38 Å². The lowest BCUT2D eigenvalue weighted by Gasteiger charge is -2.11. The Morgan fingerprint density at radius 1 is 1.71 bits per heavy atom. The monoisotopic (exact) mass is 215 g/mol. The lowest BCUT2D eigenvalue weighted by Crippen LogP contribution is -2.25. The normalized spacial score (nSPS) is 11.5. The van der Waals surface area contributed by atoms with Gasteiger partial charge in [0, 0.05) is 11.9 Å². The van der Waals surface area contributed by atoms with Gasteiger partial charge in [0.05, 0.1) is 7.11 Å². The molecule has 14 heavy (non-hydrogen) atoms. The average Bonchev–Trinajstić information content (AvgIpc) is 2.68. The largest absolute Gasteiger partial charge is 0.305 e. The zero-order chi connectivity index (χ0) is 10.6. The van der Waals surface area contributed by atoms with Crippen LogP contribution >= 0.6 is 11.3 Å². The summed E-state index contributed by atoms with van der Waals surface area (Å²) in [5, 5.41) is 2.64. The maximum Gasteiger partial charge on any atom is 0.305 e. The molecule has 0 atom stereocenters. The second kappa shape index (κ2) is 4.88. The number of hydrogen-bond acceptors (Lipinski definition) is 3. The highest BCUT2D eigenvalue weighted by Crippen LogP contribution is 2.15. The van der Waals surface area contributed by atoms with Crippen molar-refractivity contribution in [1.82, 2.24) is 5.06 Å². The molecule has 0 unspecified atom stereocenters. The third-order valence-corrected chi connectivity index (χ3v) is 2.40. The Morgan fingerprint density at radius 3 is 2.93 bits per heavy atom. The molecular formula is C9H10FNO2S. The van der Waals surface area contributed by atoms with Crippen LogP contribution in [0.4, 0.5) is 4.39 Å². The molecule has 5 heteroatoms. The van der Waals surface area contributed by atoms with E-state index < -0.39 is 11.7 Å². The molecule has 0 saturated carbocycles. The number of hydroxylamine groups is 2. The van der Waals surface area contributed by atoms with Crippen LogP contribution in [0.2, 0.25) is 0 Å². The minimum absolute atomic E-state index is 0.695. The highest BCUT2D eigenvalue weighted by atomic mass is 32.1. The van der Waals surface area contributed by atoms with E-state index in [2.05, 4.69) is 4.84 Å². The van der Waals surface area contributed by atoms with Crippen LogP contribution in [0.15, 0.2) is 23.3 Å². The van der Waals surface area contributed by atoms with Gasteiger partial charge in [-0.05, 0) is 17.5 Å². The fraction of sp³-hybridized carbons (Fsp3) is 0.222. The van der Waals surface area contributed by atoms with Gasteiger partial charge in [0.25, 0.3) is 0 Å². The molecule has 1 aromatic rings. The van der Waals surface area contributed by atoms with Gasteiger partial charge in [0.1, 0.15) is 0 Å². The summed E-state index contributed by atoms with van der Waals surface area (Å²) < 4.78 is 13.2. The summed E-state index contributed by atoms with van der Waals surface area (Å²) in [6.45, 7) is 0. The fourth-order valence-corrected chi connectivity index (χ4v) is 1.44. The molecule has 0 aliphatic rings. The van der Waals surface area contributed by atoms with Crippen LogP contribution in [0.5, 0.6) is 0 Å². The quantitative estimate of drug-likeness (QED) is 0.570. The summed E-state index contributed by atoms with van der Waals surface area (Å²) in [7, 11) is 2.65. The first kappa shape index (κ1) is 10.9. The van der Waals surface area contributed by atoms with Gasteiger partial charge in [0.15, 0.2) is 5.83 Å². The smallest absolute Gasteiger partial charge is 0.274 e. The molecule has 0 aromatic carbocycles. The van der Waals surface area contributed by atoms with Crippen LogP contribution in [0.3, 0.4) is 0 Å². The van der Waals surface area contributed by atoms with Crippen LogP contribution in [0.25, 0.3) is 6.08 Å². The molecule has 1 rings (SSSR count). The number of carbonyl (C=O) groups is 1. The third-order valence-electron chi connectivity index (χ3n) is 1.58.